The molecule has 4 nitrogen and oxygen atoms in total. The third-order valence-corrected chi connectivity index (χ3v) is 4.68. The number of hydrogen-bond donors (Lipinski definition) is 0. The third-order valence-electron chi connectivity index (χ3n) is 3.57. The summed E-state index contributed by atoms with van der Waals surface area (Å²) in [5.41, 5.74) is 1.41. The van der Waals surface area contributed by atoms with Crippen LogP contribution in [0.25, 0.3) is 10.2 Å². The van der Waals surface area contributed by atoms with Crippen molar-refractivity contribution in [3.8, 4) is 0 Å². The Morgan fingerprint density at radius 3 is 2.67 bits per heavy atom. The summed E-state index contributed by atoms with van der Waals surface area (Å²) < 4.78 is 1.39. The van der Waals surface area contributed by atoms with E-state index >= 15 is 0 Å². The predicted molar refractivity (Wildman–Crippen MR) is 84.1 cm³/mol. The average molecular weight is 298 g/mol. The molecule has 0 aliphatic rings. The standard InChI is InChI=1S/C16H14N2O2S/c1-10-11(2)21-15-14(10)16(20)18(9-17-15)8-13(19)12-6-4-3-5-7-12/h3-7,9H,8H2,1-2H3. The minimum absolute atomic E-state index is 0.0140. The lowest BCUT2D eigenvalue weighted by Crippen LogP contribution is -2.24. The van der Waals surface area contributed by atoms with Gasteiger partial charge in [0.15, 0.2) is 5.78 Å². The van der Waals surface area contributed by atoms with Crippen LogP contribution in [0.2, 0.25) is 0 Å². The topological polar surface area (TPSA) is 52.0 Å². The summed E-state index contributed by atoms with van der Waals surface area (Å²) in [4.78, 5) is 30.8. The number of nitrogens with zero attached hydrogens (tertiary/aromatic N) is 2. The van der Waals surface area contributed by atoms with Gasteiger partial charge in [0.05, 0.1) is 18.3 Å². The molecule has 0 aliphatic carbocycles. The minimum Gasteiger partial charge on any atom is -0.292 e. The smallest absolute Gasteiger partial charge is 0.262 e. The number of aryl methyl sites for hydroxylation is 2. The number of carbonyl (C=O) groups excluding carboxylic acids is 1. The molecule has 0 spiro atoms. The highest BCUT2D eigenvalue weighted by atomic mass is 32.1. The van der Waals surface area contributed by atoms with Gasteiger partial charge in [0.1, 0.15) is 4.83 Å². The fourth-order valence-electron chi connectivity index (χ4n) is 2.25. The maximum atomic E-state index is 12.5. The summed E-state index contributed by atoms with van der Waals surface area (Å²) in [7, 11) is 0. The van der Waals surface area contributed by atoms with E-state index in [1.54, 1.807) is 12.1 Å². The van der Waals surface area contributed by atoms with Gasteiger partial charge in [0.25, 0.3) is 5.56 Å². The van der Waals surface area contributed by atoms with Crippen LogP contribution in [-0.4, -0.2) is 15.3 Å². The summed E-state index contributed by atoms with van der Waals surface area (Å²) in [6.45, 7) is 3.90. The highest BCUT2D eigenvalue weighted by Crippen LogP contribution is 2.25. The van der Waals surface area contributed by atoms with Crippen LogP contribution in [0.5, 0.6) is 0 Å². The fraction of sp³-hybridized carbons (Fsp3) is 0.188. The molecule has 0 amide bonds. The number of Topliss-reactive ketones (excluding diaryl/α,β-unsaturated/α-hetero) is 1. The Labute approximate surface area is 125 Å². The number of benzene rings is 1. The molecule has 0 N–H and O–H groups in total. The number of hydrogen-bond acceptors (Lipinski definition) is 4. The van der Waals surface area contributed by atoms with Gasteiger partial charge >= 0.3 is 0 Å². The van der Waals surface area contributed by atoms with Crippen LogP contribution in [0, 0.1) is 13.8 Å². The molecular formula is C16H14N2O2S. The van der Waals surface area contributed by atoms with Crippen molar-refractivity contribution in [1.82, 2.24) is 9.55 Å². The lowest BCUT2D eigenvalue weighted by Gasteiger charge is -2.05. The van der Waals surface area contributed by atoms with Gasteiger partial charge in [0, 0.05) is 10.4 Å². The maximum Gasteiger partial charge on any atom is 0.262 e. The Morgan fingerprint density at radius 1 is 1.24 bits per heavy atom. The van der Waals surface area contributed by atoms with E-state index in [-0.39, 0.29) is 17.9 Å². The van der Waals surface area contributed by atoms with Crippen molar-refractivity contribution in [2.24, 2.45) is 0 Å². The van der Waals surface area contributed by atoms with E-state index in [1.165, 1.54) is 22.2 Å². The first-order valence-electron chi connectivity index (χ1n) is 6.61. The molecule has 106 valence electrons. The van der Waals surface area contributed by atoms with Crippen molar-refractivity contribution in [2.45, 2.75) is 20.4 Å². The molecule has 3 rings (SSSR count). The largest absolute Gasteiger partial charge is 0.292 e. The van der Waals surface area contributed by atoms with Crippen LogP contribution < -0.4 is 5.56 Å². The monoisotopic (exact) mass is 298 g/mol. The Morgan fingerprint density at radius 2 is 1.95 bits per heavy atom. The number of ketones is 1. The van der Waals surface area contributed by atoms with Crippen molar-refractivity contribution >= 4 is 27.3 Å². The molecule has 0 saturated carbocycles. The highest BCUT2D eigenvalue weighted by molar-refractivity contribution is 7.18. The van der Waals surface area contributed by atoms with Crippen LogP contribution in [0.1, 0.15) is 20.8 Å². The first kappa shape index (κ1) is 13.7. The van der Waals surface area contributed by atoms with E-state index < -0.39 is 0 Å². The maximum absolute atomic E-state index is 12.5. The second-order valence-electron chi connectivity index (χ2n) is 4.93. The lowest BCUT2D eigenvalue weighted by atomic mass is 10.1. The van der Waals surface area contributed by atoms with Gasteiger partial charge in [-0.05, 0) is 19.4 Å². The van der Waals surface area contributed by atoms with E-state index in [0.29, 0.717) is 10.9 Å². The molecular weight excluding hydrogens is 284 g/mol. The molecule has 0 fully saturated rings. The first-order valence-corrected chi connectivity index (χ1v) is 7.43. The Hall–Kier alpha value is -2.27. The highest BCUT2D eigenvalue weighted by Gasteiger charge is 2.14. The molecule has 2 aromatic heterocycles. The SMILES string of the molecule is Cc1sc2ncn(CC(=O)c3ccccc3)c(=O)c2c1C. The first-order chi connectivity index (χ1) is 10.1. The molecule has 0 bridgehead atoms. The zero-order valence-corrected chi connectivity index (χ0v) is 12.6. The second-order valence-corrected chi connectivity index (χ2v) is 6.13. The van der Waals surface area contributed by atoms with Gasteiger partial charge in [-0.3, -0.25) is 14.2 Å². The van der Waals surface area contributed by atoms with Crippen molar-refractivity contribution in [1.29, 1.82) is 0 Å². The zero-order chi connectivity index (χ0) is 15.0. The van der Waals surface area contributed by atoms with Gasteiger partial charge < -0.3 is 0 Å². The molecule has 0 radical (unpaired) electrons. The van der Waals surface area contributed by atoms with Gasteiger partial charge in [-0.15, -0.1) is 11.3 Å². The average Bonchev–Trinajstić information content (AvgIpc) is 2.79. The van der Waals surface area contributed by atoms with Crippen LogP contribution in [0.3, 0.4) is 0 Å². The fourth-order valence-corrected chi connectivity index (χ4v) is 3.24. The Kier molecular flexibility index (Phi) is 3.43. The molecule has 5 heteroatoms. The van der Waals surface area contributed by atoms with E-state index in [2.05, 4.69) is 4.98 Å². The van der Waals surface area contributed by atoms with Gasteiger partial charge in [-0.25, -0.2) is 4.98 Å². The normalized spacial score (nSPS) is 11.0. The van der Waals surface area contributed by atoms with Crippen LogP contribution in [0.15, 0.2) is 41.5 Å². The minimum atomic E-state index is -0.147. The van der Waals surface area contributed by atoms with E-state index in [1.807, 2.05) is 32.0 Å². The number of aromatic nitrogens is 2. The van der Waals surface area contributed by atoms with Crippen molar-refractivity contribution in [3.63, 3.8) is 0 Å². The van der Waals surface area contributed by atoms with Crippen molar-refractivity contribution in [3.05, 3.63) is 63.0 Å². The molecule has 0 atom stereocenters. The quantitative estimate of drug-likeness (QED) is 0.699. The molecule has 3 aromatic rings. The summed E-state index contributed by atoms with van der Waals surface area (Å²) in [5.74, 6) is -0.0940. The van der Waals surface area contributed by atoms with Crippen molar-refractivity contribution in [2.75, 3.05) is 0 Å². The summed E-state index contributed by atoms with van der Waals surface area (Å²) in [5, 5.41) is 0.626. The van der Waals surface area contributed by atoms with E-state index in [0.717, 1.165) is 15.3 Å². The molecule has 1 aromatic carbocycles. The number of rotatable bonds is 3. The van der Waals surface area contributed by atoms with E-state index in [9.17, 15) is 9.59 Å². The molecule has 0 unspecified atom stereocenters. The molecule has 21 heavy (non-hydrogen) atoms. The van der Waals surface area contributed by atoms with Crippen LogP contribution >= 0.6 is 11.3 Å². The Bertz CT molecular complexity index is 878. The van der Waals surface area contributed by atoms with E-state index in [4.69, 9.17) is 0 Å². The lowest BCUT2D eigenvalue weighted by molar-refractivity contribution is 0.0970. The zero-order valence-electron chi connectivity index (χ0n) is 11.8. The summed E-state index contributed by atoms with van der Waals surface area (Å²) in [6, 6.07) is 8.97. The molecule has 2 heterocycles. The van der Waals surface area contributed by atoms with Crippen LogP contribution in [0.4, 0.5) is 0 Å². The second kappa shape index (κ2) is 5.26. The Balaban J connectivity index is 2.02. The predicted octanol–water partition coefficient (Wildman–Crippen LogP) is 2.96. The van der Waals surface area contributed by atoms with Gasteiger partial charge in [-0.2, -0.15) is 0 Å². The molecule has 0 aliphatic heterocycles. The number of carbonyl (C=O) groups is 1. The third kappa shape index (κ3) is 2.40. The van der Waals surface area contributed by atoms with Crippen LogP contribution in [-0.2, 0) is 6.54 Å². The summed E-state index contributed by atoms with van der Waals surface area (Å²) >= 11 is 1.51. The van der Waals surface area contributed by atoms with Crippen molar-refractivity contribution < 1.29 is 4.79 Å². The van der Waals surface area contributed by atoms with Gasteiger partial charge in [0.2, 0.25) is 0 Å². The number of fused-ring (bicyclic) bond motifs is 1. The summed E-state index contributed by atoms with van der Waals surface area (Å²) in [6.07, 6.45) is 1.46. The van der Waals surface area contributed by atoms with Gasteiger partial charge in [-0.1, -0.05) is 30.3 Å². The number of thiophene rings is 1. The molecule has 0 saturated heterocycles.